The van der Waals surface area contributed by atoms with Crippen molar-refractivity contribution in [2.75, 3.05) is 6.54 Å². The zero-order valence-corrected chi connectivity index (χ0v) is 14.9. The Morgan fingerprint density at radius 1 is 1.14 bits per heavy atom. The van der Waals surface area contributed by atoms with Crippen molar-refractivity contribution < 1.29 is 36.7 Å². The molecule has 0 aromatic heterocycles. The minimum atomic E-state index is -3.02. The van der Waals surface area contributed by atoms with Crippen molar-refractivity contribution in [3.05, 3.63) is 65.2 Å². The zero-order chi connectivity index (χ0) is 21.3. The number of nitrogens with one attached hydrogen (secondary N) is 1. The number of imide groups is 1. The summed E-state index contributed by atoms with van der Waals surface area (Å²) in [6.45, 7) is -2.50. The van der Waals surface area contributed by atoms with Crippen LogP contribution in [-0.2, 0) is 10.3 Å². The van der Waals surface area contributed by atoms with E-state index in [2.05, 4.69) is 10.1 Å². The number of alkyl halides is 2. The van der Waals surface area contributed by atoms with Gasteiger partial charge in [-0.25, -0.2) is 13.6 Å². The van der Waals surface area contributed by atoms with Crippen LogP contribution in [0, 0.1) is 11.6 Å². The van der Waals surface area contributed by atoms with Crippen LogP contribution in [0.1, 0.15) is 22.8 Å². The fraction of sp³-hybridized carbons (Fsp3) is 0.211. The molecule has 2 aromatic rings. The normalized spacial score (nSPS) is 18.9. The van der Waals surface area contributed by atoms with Crippen LogP contribution in [0.15, 0.2) is 42.5 Å². The molecule has 0 spiro atoms. The predicted molar refractivity (Wildman–Crippen MR) is 91.4 cm³/mol. The summed E-state index contributed by atoms with van der Waals surface area (Å²) in [5.41, 5.74) is -2.23. The number of hydrogen-bond acceptors (Lipinski definition) is 4. The van der Waals surface area contributed by atoms with Gasteiger partial charge in [-0.15, -0.1) is 0 Å². The van der Waals surface area contributed by atoms with E-state index in [4.69, 9.17) is 0 Å². The van der Waals surface area contributed by atoms with Crippen molar-refractivity contribution in [2.24, 2.45) is 0 Å². The summed E-state index contributed by atoms with van der Waals surface area (Å²) in [5, 5.41) is 2.28. The molecule has 152 valence electrons. The summed E-state index contributed by atoms with van der Waals surface area (Å²) in [6.07, 6.45) is 0. The Balaban J connectivity index is 1.79. The number of hydrogen-bond donors (Lipinski definition) is 1. The highest BCUT2D eigenvalue weighted by molar-refractivity contribution is 6.11. The van der Waals surface area contributed by atoms with Gasteiger partial charge in [-0.2, -0.15) is 8.78 Å². The van der Waals surface area contributed by atoms with Crippen molar-refractivity contribution in [2.45, 2.75) is 19.1 Å². The lowest BCUT2D eigenvalue weighted by atomic mass is 9.91. The molecule has 1 aliphatic rings. The second-order valence-electron chi connectivity index (χ2n) is 6.40. The number of urea groups is 1. The third-order valence-electron chi connectivity index (χ3n) is 4.45. The molecule has 1 aliphatic heterocycles. The van der Waals surface area contributed by atoms with Gasteiger partial charge in [0, 0.05) is 11.1 Å². The third kappa shape index (κ3) is 3.91. The lowest BCUT2D eigenvalue weighted by molar-refractivity contribution is -0.130. The standard InChI is InChI=1S/C19H14F4N2O4/c1-19(13-8-11(20)4-7-14(13)21)16(27)25(18(28)24-19)9-15(26)10-2-5-12(6-3-10)29-17(22)23/h2-8,17H,9H2,1H3,(H,24,28). The van der Waals surface area contributed by atoms with Gasteiger partial charge in [0.15, 0.2) is 5.78 Å². The lowest BCUT2D eigenvalue weighted by Crippen LogP contribution is -2.42. The van der Waals surface area contributed by atoms with Crippen molar-refractivity contribution >= 4 is 17.7 Å². The first-order valence-corrected chi connectivity index (χ1v) is 8.29. The molecule has 0 bridgehead atoms. The summed E-state index contributed by atoms with van der Waals surface area (Å²) in [6, 6.07) is 6.20. The average Bonchev–Trinajstić information content (AvgIpc) is 2.87. The minimum Gasteiger partial charge on any atom is -0.435 e. The Hall–Kier alpha value is -3.43. The molecule has 29 heavy (non-hydrogen) atoms. The van der Waals surface area contributed by atoms with E-state index in [1.54, 1.807) is 0 Å². The number of halogens is 4. The molecule has 1 saturated heterocycles. The van der Waals surface area contributed by atoms with Gasteiger partial charge in [0.25, 0.3) is 5.91 Å². The molecule has 0 saturated carbocycles. The minimum absolute atomic E-state index is 0.0396. The Morgan fingerprint density at radius 2 is 1.79 bits per heavy atom. The molecule has 1 fully saturated rings. The molecule has 3 amide bonds. The van der Waals surface area contributed by atoms with Crippen molar-refractivity contribution in [1.29, 1.82) is 0 Å². The average molecular weight is 410 g/mol. The maximum atomic E-state index is 14.1. The SMILES string of the molecule is CC1(c2cc(F)ccc2F)NC(=O)N(CC(=O)c2ccc(OC(F)F)cc2)C1=O. The largest absolute Gasteiger partial charge is 0.435 e. The predicted octanol–water partition coefficient (Wildman–Crippen LogP) is 3.22. The van der Waals surface area contributed by atoms with Crippen LogP contribution in [-0.4, -0.2) is 35.8 Å². The van der Waals surface area contributed by atoms with E-state index in [9.17, 15) is 31.9 Å². The molecular weight excluding hydrogens is 396 g/mol. The van der Waals surface area contributed by atoms with E-state index >= 15 is 0 Å². The number of carbonyl (C=O) groups excluding carboxylic acids is 3. The van der Waals surface area contributed by atoms with Gasteiger partial charge in [0.05, 0.1) is 6.54 Å². The number of rotatable bonds is 6. The van der Waals surface area contributed by atoms with Crippen LogP contribution in [0.5, 0.6) is 5.75 Å². The molecule has 0 aliphatic carbocycles. The van der Waals surface area contributed by atoms with Gasteiger partial charge in [-0.05, 0) is 49.4 Å². The lowest BCUT2D eigenvalue weighted by Gasteiger charge is -2.22. The van der Waals surface area contributed by atoms with Gasteiger partial charge in [0.2, 0.25) is 0 Å². The first-order chi connectivity index (χ1) is 13.6. The van der Waals surface area contributed by atoms with Gasteiger partial charge in [-0.1, -0.05) is 0 Å². The number of ether oxygens (including phenoxy) is 1. The number of benzene rings is 2. The maximum absolute atomic E-state index is 14.1. The fourth-order valence-electron chi connectivity index (χ4n) is 2.96. The summed E-state index contributed by atoms with van der Waals surface area (Å²) in [5.74, 6) is -3.46. The molecule has 3 rings (SSSR count). The van der Waals surface area contributed by atoms with Crippen molar-refractivity contribution in [1.82, 2.24) is 10.2 Å². The molecule has 1 atom stereocenters. The molecule has 1 N–H and O–H groups in total. The monoisotopic (exact) mass is 410 g/mol. The van der Waals surface area contributed by atoms with E-state index in [1.807, 2.05) is 0 Å². The number of carbonyl (C=O) groups is 3. The van der Waals surface area contributed by atoms with Crippen LogP contribution >= 0.6 is 0 Å². The smallest absolute Gasteiger partial charge is 0.387 e. The Bertz CT molecular complexity index is 981. The first kappa shape index (κ1) is 20.3. The molecule has 2 aromatic carbocycles. The van der Waals surface area contributed by atoms with Crippen LogP contribution in [0.4, 0.5) is 22.4 Å². The highest BCUT2D eigenvalue weighted by Gasteiger charge is 2.50. The Labute approximate surface area is 162 Å². The second kappa shape index (κ2) is 7.53. The number of ketones is 1. The van der Waals surface area contributed by atoms with E-state index in [-0.39, 0.29) is 16.9 Å². The topological polar surface area (TPSA) is 75.7 Å². The highest BCUT2D eigenvalue weighted by atomic mass is 19.3. The van der Waals surface area contributed by atoms with Crippen LogP contribution in [0.2, 0.25) is 0 Å². The van der Waals surface area contributed by atoms with Gasteiger partial charge in [-0.3, -0.25) is 14.5 Å². The maximum Gasteiger partial charge on any atom is 0.387 e. The summed E-state index contributed by atoms with van der Waals surface area (Å²) >= 11 is 0. The third-order valence-corrected chi connectivity index (χ3v) is 4.45. The molecule has 1 heterocycles. The van der Waals surface area contributed by atoms with Crippen LogP contribution < -0.4 is 10.1 Å². The summed E-state index contributed by atoms with van der Waals surface area (Å²) in [4.78, 5) is 38.0. The second-order valence-corrected chi connectivity index (χ2v) is 6.40. The van der Waals surface area contributed by atoms with Gasteiger partial charge >= 0.3 is 12.6 Å². The summed E-state index contributed by atoms with van der Waals surface area (Å²) < 4.78 is 56.2. The van der Waals surface area contributed by atoms with E-state index in [0.29, 0.717) is 4.90 Å². The molecule has 1 unspecified atom stereocenters. The van der Waals surface area contributed by atoms with Crippen LogP contribution in [0.3, 0.4) is 0 Å². The van der Waals surface area contributed by atoms with E-state index in [1.165, 1.54) is 19.1 Å². The van der Waals surface area contributed by atoms with E-state index in [0.717, 1.165) is 30.3 Å². The van der Waals surface area contributed by atoms with Crippen molar-refractivity contribution in [3.63, 3.8) is 0 Å². The Morgan fingerprint density at radius 3 is 2.41 bits per heavy atom. The quantitative estimate of drug-likeness (QED) is 0.451. The highest BCUT2D eigenvalue weighted by Crippen LogP contribution is 2.31. The van der Waals surface area contributed by atoms with Crippen molar-refractivity contribution in [3.8, 4) is 5.75 Å². The summed E-state index contributed by atoms with van der Waals surface area (Å²) in [7, 11) is 0. The Kier molecular flexibility index (Phi) is 5.27. The molecule has 0 radical (unpaired) electrons. The van der Waals surface area contributed by atoms with Crippen LogP contribution in [0.25, 0.3) is 0 Å². The van der Waals surface area contributed by atoms with Gasteiger partial charge in [0.1, 0.15) is 22.9 Å². The zero-order valence-electron chi connectivity index (χ0n) is 14.9. The van der Waals surface area contributed by atoms with E-state index < -0.39 is 48.1 Å². The number of Topliss-reactive ketones (excluding diaryl/α,β-unsaturated/α-hetero) is 1. The molecule has 6 nitrogen and oxygen atoms in total. The number of nitrogens with zero attached hydrogens (tertiary/aromatic N) is 1. The molecule has 10 heteroatoms. The number of amides is 3. The molecular formula is C19H14F4N2O4. The first-order valence-electron chi connectivity index (χ1n) is 8.29. The fourth-order valence-corrected chi connectivity index (χ4v) is 2.96. The van der Waals surface area contributed by atoms with Gasteiger partial charge < -0.3 is 10.1 Å².